The Morgan fingerprint density at radius 1 is 0.679 bits per heavy atom. The molecule has 0 bridgehead atoms. The minimum Gasteiger partial charge on any atom is -0.507 e. The lowest BCUT2D eigenvalue weighted by Crippen LogP contribution is -2.41. The van der Waals surface area contributed by atoms with Crippen LogP contribution in [0.2, 0.25) is 0 Å². The van der Waals surface area contributed by atoms with Gasteiger partial charge in [-0.05, 0) is 97.6 Å². The number of phenolic OH excluding ortho intramolecular Hbond substituents is 4. The first-order valence-electron chi connectivity index (χ1n) is 18.5. The van der Waals surface area contributed by atoms with E-state index in [2.05, 4.69) is 0 Å². The molecule has 0 aromatic heterocycles. The van der Waals surface area contributed by atoms with Gasteiger partial charge < -0.3 is 45.5 Å². The van der Waals surface area contributed by atoms with Crippen molar-refractivity contribution in [3.63, 3.8) is 0 Å². The van der Waals surface area contributed by atoms with Crippen LogP contribution in [0.4, 0.5) is 0 Å². The number of carbonyl (C=O) groups is 5. The second-order valence-corrected chi connectivity index (χ2v) is 14.5. The molecule has 14 nitrogen and oxygen atoms in total. The van der Waals surface area contributed by atoms with Crippen molar-refractivity contribution in [1.82, 2.24) is 9.80 Å². The minimum absolute atomic E-state index is 0.0153. The van der Waals surface area contributed by atoms with E-state index in [9.17, 15) is 49.5 Å². The van der Waals surface area contributed by atoms with E-state index in [1.54, 1.807) is 18.2 Å². The fraction of sp³-hybridized carbons (Fsp3) is 0.405. The Kier molecular flexibility index (Phi) is 14.1. The van der Waals surface area contributed by atoms with Crippen molar-refractivity contribution in [2.45, 2.75) is 105 Å². The molecule has 300 valence electrons. The number of rotatable bonds is 19. The molecule has 0 unspecified atom stereocenters. The van der Waals surface area contributed by atoms with Gasteiger partial charge in [-0.2, -0.15) is 0 Å². The zero-order valence-corrected chi connectivity index (χ0v) is 32.1. The highest BCUT2D eigenvalue weighted by molar-refractivity contribution is 6.02. The topological polar surface area (TPSA) is 233 Å². The number of unbranched alkanes of at least 4 members (excludes halogenated alkanes) is 1. The van der Waals surface area contributed by atoms with Crippen molar-refractivity contribution in [3.05, 3.63) is 92.1 Å². The summed E-state index contributed by atoms with van der Waals surface area (Å²) in [6.45, 7) is 6.89. The molecule has 14 heteroatoms. The standard InChI is InChI=1S/C42H50N2O12/c1-23(9-7-11-25(3)40(51)52)14-16-27-34(45)19-29-31(36(27)47)21-43(38(29)49)18-6-5-13-33(42(55)56)44-22-32-30(39(44)50)20-35(46)28(37(32)48)17-15-24(2)10-8-12-26(4)41(53)54/h11-12,14-15,19-20,33,45-48H,5-10,13,16-18,21-22H2,1-4H3,(H,51,52)(H,53,54)(H,55,56)/b23-14+,24-15+,25-11+,26-12+/t33-/m0/s1. The number of allylic oxidation sites excluding steroid dienone is 6. The first-order valence-corrected chi connectivity index (χ1v) is 18.5. The monoisotopic (exact) mass is 774 g/mol. The predicted molar refractivity (Wildman–Crippen MR) is 206 cm³/mol. The van der Waals surface area contributed by atoms with Gasteiger partial charge in [-0.25, -0.2) is 14.4 Å². The molecule has 4 rings (SSSR count). The summed E-state index contributed by atoms with van der Waals surface area (Å²) in [5, 5.41) is 71.7. The average Bonchev–Trinajstić information content (AvgIpc) is 3.62. The number of hydrogen-bond donors (Lipinski definition) is 7. The number of nitrogens with zero attached hydrogens (tertiary/aromatic N) is 2. The van der Waals surface area contributed by atoms with Crippen LogP contribution in [0, 0.1) is 0 Å². The molecule has 0 saturated carbocycles. The molecule has 0 spiro atoms. The lowest BCUT2D eigenvalue weighted by molar-refractivity contribution is -0.142. The van der Waals surface area contributed by atoms with E-state index in [4.69, 9.17) is 10.2 Å². The lowest BCUT2D eigenvalue weighted by atomic mass is 9.99. The second kappa shape index (κ2) is 18.5. The zero-order chi connectivity index (χ0) is 41.4. The maximum Gasteiger partial charge on any atom is 0.330 e. The molecule has 2 aliphatic rings. The fourth-order valence-corrected chi connectivity index (χ4v) is 6.87. The van der Waals surface area contributed by atoms with Crippen LogP contribution in [0.3, 0.4) is 0 Å². The number of aromatic hydroxyl groups is 4. The molecule has 0 radical (unpaired) electrons. The number of benzene rings is 2. The Morgan fingerprint density at radius 3 is 1.61 bits per heavy atom. The number of carboxylic acids is 3. The summed E-state index contributed by atoms with van der Waals surface area (Å²) in [4.78, 5) is 63.6. The molecule has 1 atom stereocenters. The average molecular weight is 775 g/mol. The van der Waals surface area contributed by atoms with Gasteiger partial charge >= 0.3 is 17.9 Å². The molecule has 2 aliphatic heterocycles. The number of amides is 2. The Bertz CT molecular complexity index is 2040. The number of fused-ring (bicyclic) bond motifs is 2. The van der Waals surface area contributed by atoms with Gasteiger partial charge in [-0.15, -0.1) is 0 Å². The lowest BCUT2D eigenvalue weighted by Gasteiger charge is -2.24. The van der Waals surface area contributed by atoms with Crippen LogP contribution in [0.25, 0.3) is 0 Å². The van der Waals surface area contributed by atoms with Gasteiger partial charge in [0.2, 0.25) is 0 Å². The maximum atomic E-state index is 13.4. The Morgan fingerprint density at radius 2 is 1.14 bits per heavy atom. The highest BCUT2D eigenvalue weighted by atomic mass is 16.4. The van der Waals surface area contributed by atoms with Crippen molar-refractivity contribution >= 4 is 29.7 Å². The molecular weight excluding hydrogens is 724 g/mol. The number of carbonyl (C=O) groups excluding carboxylic acids is 2. The third-order valence-corrected chi connectivity index (χ3v) is 10.4. The number of hydrogen-bond acceptors (Lipinski definition) is 9. The Hall–Kier alpha value is -6.05. The molecule has 0 fully saturated rings. The van der Waals surface area contributed by atoms with Crippen molar-refractivity contribution in [1.29, 1.82) is 0 Å². The molecule has 56 heavy (non-hydrogen) atoms. The van der Waals surface area contributed by atoms with Crippen molar-refractivity contribution in [2.75, 3.05) is 6.54 Å². The van der Waals surface area contributed by atoms with Crippen LogP contribution in [0.5, 0.6) is 23.0 Å². The van der Waals surface area contributed by atoms with Crippen LogP contribution in [0.15, 0.2) is 58.7 Å². The molecule has 0 aliphatic carbocycles. The van der Waals surface area contributed by atoms with Crippen LogP contribution in [-0.4, -0.2) is 87.9 Å². The highest BCUT2D eigenvalue weighted by Crippen LogP contribution is 2.41. The van der Waals surface area contributed by atoms with E-state index < -0.39 is 29.9 Å². The summed E-state index contributed by atoms with van der Waals surface area (Å²) in [5.74, 6) is -5.23. The van der Waals surface area contributed by atoms with E-state index in [-0.39, 0.29) is 107 Å². The van der Waals surface area contributed by atoms with E-state index in [1.807, 2.05) is 19.9 Å². The van der Waals surface area contributed by atoms with Crippen LogP contribution in [0.1, 0.15) is 116 Å². The zero-order valence-electron chi connectivity index (χ0n) is 32.1. The number of carboxylic acid groups (broad SMARTS) is 3. The van der Waals surface area contributed by atoms with Gasteiger partial charge in [0.25, 0.3) is 11.8 Å². The van der Waals surface area contributed by atoms with Gasteiger partial charge in [0.15, 0.2) is 0 Å². The largest absolute Gasteiger partial charge is 0.507 e. The van der Waals surface area contributed by atoms with Crippen LogP contribution >= 0.6 is 0 Å². The summed E-state index contributed by atoms with van der Waals surface area (Å²) in [6.07, 6.45) is 10.1. The summed E-state index contributed by atoms with van der Waals surface area (Å²) in [5.41, 5.74) is 3.58. The maximum absolute atomic E-state index is 13.4. The molecule has 2 amide bonds. The smallest absolute Gasteiger partial charge is 0.330 e. The number of aliphatic carboxylic acids is 3. The normalized spacial score (nSPS) is 15.4. The molecule has 7 N–H and O–H groups in total. The van der Waals surface area contributed by atoms with Crippen LogP contribution in [-0.2, 0) is 40.3 Å². The molecular formula is C42H50N2O12. The molecule has 2 heterocycles. The third kappa shape index (κ3) is 9.97. The Balaban J connectivity index is 1.35. The second-order valence-electron chi connectivity index (χ2n) is 14.5. The molecule has 2 aromatic carbocycles. The quantitative estimate of drug-likeness (QED) is 0.0471. The van der Waals surface area contributed by atoms with Gasteiger partial charge in [0.05, 0.1) is 24.2 Å². The van der Waals surface area contributed by atoms with Crippen molar-refractivity contribution < 1.29 is 59.7 Å². The first-order chi connectivity index (χ1) is 26.4. The van der Waals surface area contributed by atoms with E-state index >= 15 is 0 Å². The van der Waals surface area contributed by atoms with Crippen LogP contribution < -0.4 is 0 Å². The van der Waals surface area contributed by atoms with E-state index in [0.717, 1.165) is 16.0 Å². The third-order valence-electron chi connectivity index (χ3n) is 10.4. The summed E-state index contributed by atoms with van der Waals surface area (Å²) >= 11 is 0. The molecule has 2 aromatic rings. The molecule has 0 saturated heterocycles. The van der Waals surface area contributed by atoms with Gasteiger partial charge in [-0.1, -0.05) is 35.5 Å². The summed E-state index contributed by atoms with van der Waals surface area (Å²) in [6, 6.07) is 1.34. The van der Waals surface area contributed by atoms with E-state index in [1.165, 1.54) is 30.9 Å². The van der Waals surface area contributed by atoms with Gasteiger partial charge in [-0.3, -0.25) is 9.59 Å². The fourth-order valence-electron chi connectivity index (χ4n) is 6.87. The highest BCUT2D eigenvalue weighted by Gasteiger charge is 2.39. The first kappa shape index (κ1) is 42.7. The van der Waals surface area contributed by atoms with Gasteiger partial charge in [0, 0.05) is 39.9 Å². The van der Waals surface area contributed by atoms with Crippen molar-refractivity contribution in [3.8, 4) is 23.0 Å². The van der Waals surface area contributed by atoms with Crippen molar-refractivity contribution in [2.24, 2.45) is 0 Å². The van der Waals surface area contributed by atoms with Gasteiger partial charge in [0.1, 0.15) is 29.0 Å². The van der Waals surface area contributed by atoms with E-state index in [0.29, 0.717) is 44.1 Å². The Labute approximate surface area is 325 Å². The summed E-state index contributed by atoms with van der Waals surface area (Å²) < 4.78 is 0. The SMILES string of the molecule is C/C(=C\Cc1c(O)cc2c(c1O)CN(CCCC[C@@H](C(=O)O)N1Cc3c(cc(O)c(C/C=C(\C)CC/C=C(\C)C(=O)O)c3O)C1=O)C2=O)CC/C=C(\C)C(=O)O. The summed E-state index contributed by atoms with van der Waals surface area (Å²) in [7, 11) is 0. The minimum atomic E-state index is -1.24. The predicted octanol–water partition coefficient (Wildman–Crippen LogP) is 6.34. The number of phenols is 4.